The molecule has 3 aliphatic heterocycles. The van der Waals surface area contributed by atoms with Crippen LogP contribution in [0.1, 0.15) is 93.4 Å². The maximum absolute atomic E-state index is 12.9. The summed E-state index contributed by atoms with van der Waals surface area (Å²) in [6.07, 6.45) is 8.94. The van der Waals surface area contributed by atoms with Crippen LogP contribution in [-0.2, 0) is 19.0 Å². The highest BCUT2D eigenvalue weighted by atomic mass is 16.7. The predicted molar refractivity (Wildman–Crippen MR) is 131 cm³/mol. The normalized spacial score (nSPS) is 59.1. The molecule has 0 aromatic carbocycles. The maximum Gasteiger partial charge on any atom is 0.158 e. The van der Waals surface area contributed by atoms with Gasteiger partial charge in [0, 0.05) is 23.2 Å². The van der Waals surface area contributed by atoms with Crippen LogP contribution in [0.3, 0.4) is 0 Å². The van der Waals surface area contributed by atoms with Crippen LogP contribution in [0, 0.1) is 39.4 Å². The second-order valence-corrected chi connectivity index (χ2v) is 15.0. The number of hydrogen-bond donors (Lipinski definition) is 1. The van der Waals surface area contributed by atoms with E-state index in [2.05, 4.69) is 54.5 Å². The fourth-order valence-electron chi connectivity index (χ4n) is 10.7. The highest BCUT2D eigenvalue weighted by Gasteiger charge is 2.82. The molecule has 5 heteroatoms. The van der Waals surface area contributed by atoms with Gasteiger partial charge in [0.15, 0.2) is 6.29 Å². The number of aliphatic hydroxyl groups is 1. The van der Waals surface area contributed by atoms with E-state index in [0.29, 0.717) is 24.0 Å². The smallest absolute Gasteiger partial charge is 0.158 e. The van der Waals surface area contributed by atoms with Gasteiger partial charge < -0.3 is 19.3 Å². The summed E-state index contributed by atoms with van der Waals surface area (Å²) >= 11 is 0. The summed E-state index contributed by atoms with van der Waals surface area (Å²) in [4.78, 5) is 12.9. The Morgan fingerprint density at radius 3 is 2.40 bits per heavy atom. The first-order valence-electron chi connectivity index (χ1n) is 14.2. The molecule has 3 saturated carbocycles. The number of ether oxygens (including phenoxy) is 3. The third-order valence-electron chi connectivity index (χ3n) is 13.1. The molecule has 3 saturated heterocycles. The van der Waals surface area contributed by atoms with Gasteiger partial charge in [-0.3, -0.25) is 4.79 Å². The summed E-state index contributed by atoms with van der Waals surface area (Å²) in [5.41, 5.74) is 1.02. The Morgan fingerprint density at radius 2 is 1.71 bits per heavy atom. The number of allylic oxidation sites excluding steroid dienone is 1. The van der Waals surface area contributed by atoms with Crippen molar-refractivity contribution in [3.63, 3.8) is 0 Å². The van der Waals surface area contributed by atoms with Crippen molar-refractivity contribution in [3.8, 4) is 0 Å². The van der Waals surface area contributed by atoms with E-state index in [9.17, 15) is 9.90 Å². The molecule has 194 valence electrons. The lowest BCUT2D eigenvalue weighted by molar-refractivity contribution is -0.142. The van der Waals surface area contributed by atoms with E-state index in [-0.39, 0.29) is 57.1 Å². The third kappa shape index (κ3) is 2.53. The standard InChI is InChI=1S/C30H44O5/c1-25(2)20-15-22-30(34-22)19(27(20,5)11-10-21(25)31)9-12-28(6)17(8-13-29(28,30)7)16-14-18(33-24(16)32)23-26(3,4)35-23/h9,16-18,20,22-24,32H,8,10-15H2,1-7H3/t16-,17+,18-,20-,22+,23+,24-,27-,28+,29+,30-/m1/s1. The van der Waals surface area contributed by atoms with Crippen LogP contribution in [0.25, 0.3) is 0 Å². The van der Waals surface area contributed by atoms with Crippen molar-refractivity contribution in [3.05, 3.63) is 11.6 Å². The second-order valence-electron chi connectivity index (χ2n) is 15.0. The first kappa shape index (κ1) is 23.4. The minimum atomic E-state index is -0.707. The van der Waals surface area contributed by atoms with Crippen molar-refractivity contribution >= 4 is 5.78 Å². The van der Waals surface area contributed by atoms with Gasteiger partial charge in [-0.25, -0.2) is 0 Å². The van der Waals surface area contributed by atoms with Crippen LogP contribution < -0.4 is 0 Å². The molecule has 11 atom stereocenters. The van der Waals surface area contributed by atoms with Crippen molar-refractivity contribution in [1.29, 1.82) is 0 Å². The van der Waals surface area contributed by atoms with E-state index < -0.39 is 6.29 Å². The Labute approximate surface area is 210 Å². The fraction of sp³-hybridized carbons (Fsp3) is 0.900. The molecule has 0 unspecified atom stereocenters. The van der Waals surface area contributed by atoms with Crippen molar-refractivity contribution in [1.82, 2.24) is 0 Å². The topological polar surface area (TPSA) is 71.6 Å². The molecule has 5 nitrogen and oxygen atoms in total. The second kappa shape index (κ2) is 6.45. The molecule has 0 bridgehead atoms. The Hall–Kier alpha value is -0.750. The molecule has 6 fully saturated rings. The Kier molecular flexibility index (Phi) is 4.30. The lowest BCUT2D eigenvalue weighted by Gasteiger charge is -2.61. The van der Waals surface area contributed by atoms with E-state index in [1.807, 2.05) is 0 Å². The van der Waals surface area contributed by atoms with E-state index in [1.54, 1.807) is 0 Å². The molecule has 0 aromatic rings. The zero-order valence-electron chi connectivity index (χ0n) is 22.6. The molecule has 35 heavy (non-hydrogen) atoms. The van der Waals surface area contributed by atoms with Crippen LogP contribution in [0.5, 0.6) is 0 Å². The van der Waals surface area contributed by atoms with Gasteiger partial charge in [-0.15, -0.1) is 0 Å². The van der Waals surface area contributed by atoms with Crippen LogP contribution >= 0.6 is 0 Å². The lowest BCUT2D eigenvalue weighted by Crippen LogP contribution is -2.61. The van der Waals surface area contributed by atoms with Gasteiger partial charge in [-0.2, -0.15) is 0 Å². The Morgan fingerprint density at radius 1 is 1.00 bits per heavy atom. The highest BCUT2D eigenvalue weighted by molar-refractivity contribution is 5.86. The number of ketones is 1. The van der Waals surface area contributed by atoms with Gasteiger partial charge in [-0.05, 0) is 80.6 Å². The lowest BCUT2D eigenvalue weighted by atomic mass is 9.41. The summed E-state index contributed by atoms with van der Waals surface area (Å²) in [5, 5.41) is 11.1. The van der Waals surface area contributed by atoms with E-state index in [0.717, 1.165) is 38.5 Å². The van der Waals surface area contributed by atoms with Crippen LogP contribution in [0.15, 0.2) is 11.6 Å². The fourth-order valence-corrected chi connectivity index (χ4v) is 10.7. The molecular formula is C30H44O5. The Bertz CT molecular complexity index is 1030. The predicted octanol–water partition coefficient (Wildman–Crippen LogP) is 5.19. The third-order valence-corrected chi connectivity index (χ3v) is 13.1. The molecule has 7 aliphatic rings. The minimum absolute atomic E-state index is 0.00501. The number of carbonyl (C=O) groups excluding carboxylic acids is 1. The van der Waals surface area contributed by atoms with Gasteiger partial charge in [0.25, 0.3) is 0 Å². The number of aliphatic hydroxyl groups excluding tert-OH is 1. The van der Waals surface area contributed by atoms with E-state index >= 15 is 0 Å². The van der Waals surface area contributed by atoms with E-state index in [4.69, 9.17) is 14.2 Å². The molecule has 0 radical (unpaired) electrons. The van der Waals surface area contributed by atoms with Crippen molar-refractivity contribution in [2.45, 2.75) is 129 Å². The average Bonchev–Trinajstić information content (AvgIpc) is 3.57. The summed E-state index contributed by atoms with van der Waals surface area (Å²) in [7, 11) is 0. The van der Waals surface area contributed by atoms with Crippen LogP contribution in [-0.4, -0.2) is 46.7 Å². The molecule has 4 aliphatic carbocycles. The largest absolute Gasteiger partial charge is 0.368 e. The monoisotopic (exact) mass is 484 g/mol. The molecular weight excluding hydrogens is 440 g/mol. The van der Waals surface area contributed by atoms with Crippen molar-refractivity contribution in [2.24, 2.45) is 39.4 Å². The summed E-state index contributed by atoms with van der Waals surface area (Å²) in [6, 6.07) is 0. The first-order valence-corrected chi connectivity index (χ1v) is 14.2. The van der Waals surface area contributed by atoms with Gasteiger partial charge >= 0.3 is 0 Å². The number of rotatable bonds is 2. The number of fused-ring (bicyclic) bond motifs is 3. The molecule has 7 rings (SSSR count). The summed E-state index contributed by atoms with van der Waals surface area (Å²) in [6.45, 7) is 16.0. The Balaban J connectivity index is 1.24. The zero-order valence-corrected chi connectivity index (χ0v) is 22.6. The van der Waals surface area contributed by atoms with Crippen LogP contribution in [0.4, 0.5) is 0 Å². The average molecular weight is 485 g/mol. The number of carbonyl (C=O) groups is 1. The van der Waals surface area contributed by atoms with E-state index in [1.165, 1.54) is 5.57 Å². The number of hydrogen-bond acceptors (Lipinski definition) is 5. The molecule has 0 amide bonds. The van der Waals surface area contributed by atoms with Gasteiger partial charge in [0.1, 0.15) is 17.5 Å². The minimum Gasteiger partial charge on any atom is -0.368 e. The number of epoxide rings is 2. The molecule has 3 heterocycles. The maximum atomic E-state index is 12.9. The zero-order chi connectivity index (χ0) is 25.0. The molecule has 0 aromatic heterocycles. The van der Waals surface area contributed by atoms with Crippen molar-refractivity contribution < 1.29 is 24.1 Å². The first-order chi connectivity index (χ1) is 16.2. The summed E-state index contributed by atoms with van der Waals surface area (Å²) < 4.78 is 18.9. The van der Waals surface area contributed by atoms with Gasteiger partial charge in [-0.1, -0.05) is 40.7 Å². The van der Waals surface area contributed by atoms with Crippen LogP contribution in [0.2, 0.25) is 0 Å². The quantitative estimate of drug-likeness (QED) is 0.431. The van der Waals surface area contributed by atoms with Gasteiger partial charge in [0.2, 0.25) is 0 Å². The van der Waals surface area contributed by atoms with Gasteiger partial charge in [0.05, 0.1) is 17.8 Å². The molecule has 1 spiro atoms. The highest BCUT2D eigenvalue weighted by Crippen LogP contribution is 2.80. The SMILES string of the molecule is CC1(C)O[C@H]1[C@H]1C[C@H]([C@@H]2CC[C@@]3(C)[C@@]2(C)CC=C2[C@]34O[C@H]4C[C@@H]3C(C)(C)C(=O)CC[C@]23C)[C@H](O)O1. The number of Topliss-reactive ketones (excluding diaryl/α,β-unsaturated/α-hetero) is 1. The molecule has 1 N–H and O–H groups in total. The summed E-state index contributed by atoms with van der Waals surface area (Å²) in [5.74, 6) is 1.32. The van der Waals surface area contributed by atoms with Crippen molar-refractivity contribution in [2.75, 3.05) is 0 Å².